The van der Waals surface area contributed by atoms with Gasteiger partial charge in [-0.15, -0.1) is 12.1 Å². The Morgan fingerprint density at radius 3 is 1.78 bits per heavy atom. The van der Waals surface area contributed by atoms with Crippen LogP contribution >= 0.6 is 11.6 Å². The molecule has 6 aromatic rings. The zero-order chi connectivity index (χ0) is 49.0. The third-order valence-corrected chi connectivity index (χ3v) is 7.51. The van der Waals surface area contributed by atoms with Gasteiger partial charge < -0.3 is 57.0 Å². The van der Waals surface area contributed by atoms with E-state index in [1.54, 1.807) is 55.8 Å². The molecule has 6 rings (SSSR count). The second kappa shape index (κ2) is 35.7. The Bertz CT molecular complexity index is 2580. The smallest absolute Gasteiger partial charge is 0.311 e. The van der Waals surface area contributed by atoms with Gasteiger partial charge in [-0.05, 0) is 35.9 Å². The molecular formula is C44H47ClFN7O14PdY-2. The number of nitrogens with one attached hydrogen (secondary N) is 1. The number of nitro benzene ring substituents is 2. The summed E-state index contributed by atoms with van der Waals surface area (Å²) in [5.74, 6) is 2.93. The summed E-state index contributed by atoms with van der Waals surface area (Å²) in [6.07, 6.45) is 4.85. The average molecular weight is 1150 g/mol. The minimum Gasteiger partial charge on any atom is -0.522 e. The van der Waals surface area contributed by atoms with Gasteiger partial charge in [-0.3, -0.25) is 39.6 Å². The molecule has 0 aliphatic carbocycles. The van der Waals surface area contributed by atoms with Crippen LogP contribution in [0.5, 0.6) is 40.2 Å². The molecule has 0 fully saturated rings. The molecule has 0 saturated carbocycles. The van der Waals surface area contributed by atoms with Crippen molar-refractivity contribution in [2.75, 3.05) is 60.2 Å². The Labute approximate surface area is 439 Å². The zero-order valence-electron chi connectivity index (χ0n) is 37.8. The second-order valence-electron chi connectivity index (χ2n) is 12.3. The van der Waals surface area contributed by atoms with E-state index in [1.807, 2.05) is 0 Å². The first-order valence-electron chi connectivity index (χ1n) is 18.5. The number of anilines is 2. The van der Waals surface area contributed by atoms with Gasteiger partial charge in [-0.25, -0.2) is 9.37 Å². The molecule has 3 aromatic heterocycles. The van der Waals surface area contributed by atoms with E-state index in [0.29, 0.717) is 46.1 Å². The first kappa shape index (κ1) is 64.6. The van der Waals surface area contributed by atoms with Gasteiger partial charge in [0.25, 0.3) is 0 Å². The van der Waals surface area contributed by atoms with Gasteiger partial charge in [0.05, 0.1) is 43.3 Å². The molecule has 0 amide bonds. The Kier molecular flexibility index (Phi) is 33.4. The van der Waals surface area contributed by atoms with Crippen LogP contribution in [0.2, 0.25) is 0 Å². The summed E-state index contributed by atoms with van der Waals surface area (Å²) in [6.45, 7) is 0.0834. The number of nitrogen functional groups attached to an aromatic ring is 2. The van der Waals surface area contributed by atoms with E-state index in [1.165, 1.54) is 71.2 Å². The Morgan fingerprint density at radius 2 is 1.29 bits per heavy atom. The molecule has 0 aliphatic heterocycles. The molecule has 0 aliphatic rings. The number of ether oxygens (including phenoxy) is 7. The molecule has 1 radical (unpaired) electrons. The number of hydrogen-bond acceptors (Lipinski definition) is 18. The van der Waals surface area contributed by atoms with E-state index in [-0.39, 0.29) is 114 Å². The molecule has 21 nitrogen and oxygen atoms in total. The number of aromatic nitrogens is 3. The summed E-state index contributed by atoms with van der Waals surface area (Å²) in [5.41, 5.74) is 10.9. The van der Waals surface area contributed by atoms with Gasteiger partial charge in [0.1, 0.15) is 47.9 Å². The van der Waals surface area contributed by atoms with Crippen molar-refractivity contribution in [3.05, 3.63) is 165 Å². The summed E-state index contributed by atoms with van der Waals surface area (Å²) in [4.78, 5) is 62.2. The first-order chi connectivity index (χ1) is 31.5. The molecule has 0 bridgehead atoms. The molecule has 0 spiro atoms. The summed E-state index contributed by atoms with van der Waals surface area (Å²) in [5, 5.41) is 20.6. The molecule has 3 heterocycles. The number of nitrogens with two attached hydrogens (primary N) is 2. The first-order valence-corrected chi connectivity index (χ1v) is 18.9. The van der Waals surface area contributed by atoms with Crippen molar-refractivity contribution in [1.82, 2.24) is 15.0 Å². The fourth-order valence-electron chi connectivity index (χ4n) is 4.65. The summed E-state index contributed by atoms with van der Waals surface area (Å²) < 4.78 is 47.5. The molecule has 0 atom stereocenters. The molecule has 69 heavy (non-hydrogen) atoms. The van der Waals surface area contributed by atoms with Crippen LogP contribution in [0, 0.1) is 39.5 Å². The Balaban J connectivity index is 0. The van der Waals surface area contributed by atoms with Crippen molar-refractivity contribution < 1.29 is 110 Å². The van der Waals surface area contributed by atoms with E-state index < -0.39 is 20.9 Å². The number of Topliss-reactive ketones (excluding diaryl/α,β-unsaturated/α-hetero) is 1. The SMILES string of the molecule is COCC(=O)Cc1cc(Oc2cc[c-]c(OC)c2)ccn1.COCC(=O)Cl.COc1cc(F)ccc1[N+](=O)[O-].COc1cc(Oc2ccnc(N)c2)ccc1[N+](=O)[O-].Nc1cc(=O)cc[nH]1.[CH3-].[Pd].[Y]. The van der Waals surface area contributed by atoms with Crippen LogP contribution in [0.25, 0.3) is 0 Å². The summed E-state index contributed by atoms with van der Waals surface area (Å²) in [7, 11) is 7.09. The van der Waals surface area contributed by atoms with E-state index in [0.717, 1.165) is 18.2 Å². The molecular weight excluding hydrogens is 1100 g/mol. The maximum atomic E-state index is 12.5. The van der Waals surface area contributed by atoms with E-state index in [9.17, 15) is 39.0 Å². The Hall–Kier alpha value is -6.44. The molecule has 371 valence electrons. The van der Waals surface area contributed by atoms with E-state index in [2.05, 4.69) is 30.5 Å². The van der Waals surface area contributed by atoms with Gasteiger partial charge in [-0.2, -0.15) is 6.07 Å². The topological polar surface area (TPSA) is 296 Å². The maximum Gasteiger partial charge on any atom is 0.311 e. The average Bonchev–Trinajstić information content (AvgIpc) is 3.27. The van der Waals surface area contributed by atoms with Crippen LogP contribution < -0.4 is 40.6 Å². The third-order valence-electron chi connectivity index (χ3n) is 7.40. The number of aromatic amines is 1. The monoisotopic (exact) mass is 1150 g/mol. The molecule has 0 unspecified atom stereocenters. The minimum atomic E-state index is -0.627. The molecule has 25 heteroatoms. The Morgan fingerprint density at radius 1 is 0.739 bits per heavy atom. The minimum absolute atomic E-state index is 0. The van der Waals surface area contributed by atoms with Crippen molar-refractivity contribution in [3.8, 4) is 40.2 Å². The van der Waals surface area contributed by atoms with Crippen molar-refractivity contribution in [2.45, 2.75) is 6.42 Å². The van der Waals surface area contributed by atoms with Crippen LogP contribution in [-0.4, -0.2) is 84.6 Å². The van der Waals surface area contributed by atoms with Crippen molar-refractivity contribution in [3.63, 3.8) is 0 Å². The molecule has 3 aromatic carbocycles. The van der Waals surface area contributed by atoms with Crippen LogP contribution in [0.4, 0.5) is 27.4 Å². The quantitative estimate of drug-likeness (QED) is 0.0297. The number of H-pyrrole nitrogens is 1. The number of carbonyl (C=O) groups excluding carboxylic acids is 2. The van der Waals surface area contributed by atoms with Gasteiger partial charge >= 0.3 is 11.4 Å². The number of nitrogens with zero attached hydrogens (tertiary/aromatic N) is 4. The van der Waals surface area contributed by atoms with Crippen LogP contribution in [0.3, 0.4) is 0 Å². The largest absolute Gasteiger partial charge is 0.522 e. The summed E-state index contributed by atoms with van der Waals surface area (Å²) in [6, 6.07) is 24.8. The summed E-state index contributed by atoms with van der Waals surface area (Å²) >= 11 is 4.81. The zero-order valence-corrected chi connectivity index (χ0v) is 43.0. The number of carbonyl (C=O) groups is 2. The van der Waals surface area contributed by atoms with Crippen LogP contribution in [-0.2, 0) is 78.6 Å². The van der Waals surface area contributed by atoms with Crippen molar-refractivity contribution >= 4 is 45.6 Å². The van der Waals surface area contributed by atoms with Crippen LogP contribution in [0.1, 0.15) is 5.69 Å². The fourth-order valence-corrected chi connectivity index (χ4v) is 4.76. The number of halogens is 2. The van der Waals surface area contributed by atoms with Gasteiger partial charge in [-0.1, -0.05) is 6.07 Å². The molecule has 0 saturated heterocycles. The van der Waals surface area contributed by atoms with Crippen molar-refractivity contribution in [1.29, 1.82) is 0 Å². The second-order valence-corrected chi connectivity index (χ2v) is 12.7. The number of pyridine rings is 3. The van der Waals surface area contributed by atoms with Crippen LogP contribution in [0.15, 0.2) is 114 Å². The van der Waals surface area contributed by atoms with Crippen molar-refractivity contribution in [2.24, 2.45) is 0 Å². The van der Waals surface area contributed by atoms with E-state index >= 15 is 0 Å². The predicted octanol–water partition coefficient (Wildman–Crippen LogP) is 7.36. The molecule has 5 N–H and O–H groups in total. The number of benzene rings is 3. The third kappa shape index (κ3) is 26.0. The van der Waals surface area contributed by atoms with E-state index in [4.69, 9.17) is 46.8 Å². The van der Waals surface area contributed by atoms with Gasteiger partial charge in [0.15, 0.2) is 17.0 Å². The number of hydrogen-bond donors (Lipinski definition) is 3. The fraction of sp³-hybridized carbons (Fsp3) is 0.182. The normalized spacial score (nSPS) is 9.26. The standard InChI is InChI=1S/C16H16NO4.C12H11N3O4.C7H6FNO3.C5H6N2O.C3H5ClO2.CH3.Pd.Y/c1-19-11-13(18)8-12-9-16(6-7-17-12)21-15-5-3-4-14(10-15)20-2;1-18-11-6-8(2-3-10(11)15(16)17)19-9-4-5-14-12(13)7-9;1-12-7-4-5(8)2-3-6(7)9(10)11;6-5-3-4(8)1-2-7-5;1-6-2-3(4)5;;;/h3,5-7,9-10H,8,11H2,1-2H3;2-7H,1H3,(H2,13,14);2-4H,1H3;1-3H,(H3,6,7,8);2H2,1H3;1H3;;/q-1;;;;;-1;;. The number of nitro groups is 2. The number of methoxy groups -OCH3 is 5. The number of rotatable bonds is 15. The van der Waals surface area contributed by atoms with Gasteiger partial charge in [0.2, 0.25) is 11.0 Å². The number of ketones is 1. The van der Waals surface area contributed by atoms with Gasteiger partial charge in [0, 0.05) is 146 Å². The maximum absolute atomic E-state index is 12.5. The predicted molar refractivity (Wildman–Crippen MR) is 245 cm³/mol.